The molecule has 2 N–H and O–H groups in total. The van der Waals surface area contributed by atoms with E-state index in [0.29, 0.717) is 17.3 Å². The van der Waals surface area contributed by atoms with Crippen molar-refractivity contribution in [1.82, 2.24) is 14.8 Å². The molecule has 34 heavy (non-hydrogen) atoms. The molecule has 3 aromatic carbocycles. The van der Waals surface area contributed by atoms with E-state index >= 15 is 0 Å². The maximum atomic E-state index is 12.0. The normalized spacial score (nSPS) is 11.0. The summed E-state index contributed by atoms with van der Waals surface area (Å²) < 4.78 is 8.17. The number of carboxylic acid groups (broad SMARTS) is 1. The molecule has 0 aliphatic heterocycles. The van der Waals surface area contributed by atoms with Crippen LogP contribution in [0.4, 0.5) is 11.5 Å². The minimum Gasteiger partial charge on any atom is -0.497 e. The van der Waals surface area contributed by atoms with E-state index in [2.05, 4.69) is 10.3 Å². The van der Waals surface area contributed by atoms with Crippen LogP contribution in [0.1, 0.15) is 21.6 Å². The van der Waals surface area contributed by atoms with Crippen LogP contribution in [-0.2, 0) is 0 Å². The Morgan fingerprint density at radius 2 is 1.91 bits per heavy atom. The molecule has 5 rings (SSSR count). The van der Waals surface area contributed by atoms with Gasteiger partial charge in [0.1, 0.15) is 11.6 Å². The van der Waals surface area contributed by atoms with Crippen molar-refractivity contribution in [2.24, 2.45) is 0 Å². The molecule has 0 atom stereocenters. The maximum Gasteiger partial charge on any atom is 0.337 e. The number of methoxy groups -OCH3 is 1. The van der Waals surface area contributed by atoms with E-state index in [0.717, 1.165) is 38.3 Å². The fourth-order valence-corrected chi connectivity index (χ4v) is 4.70. The van der Waals surface area contributed by atoms with Crippen LogP contribution in [0.25, 0.3) is 27.0 Å². The molecule has 0 bridgehead atoms. The number of carbonyl (C=O) groups is 1. The van der Waals surface area contributed by atoms with Crippen molar-refractivity contribution in [2.45, 2.75) is 13.8 Å². The molecule has 5 aromatic rings. The molecule has 0 aliphatic rings. The summed E-state index contributed by atoms with van der Waals surface area (Å²) in [6.45, 7) is 3.97. The Morgan fingerprint density at radius 3 is 2.68 bits per heavy atom. The molecule has 0 fully saturated rings. The lowest BCUT2D eigenvalue weighted by molar-refractivity contribution is 0.0697. The lowest BCUT2D eigenvalue weighted by atomic mass is 10.0. The van der Waals surface area contributed by atoms with E-state index in [4.69, 9.17) is 9.84 Å². The molecular formula is C26H22N4O3S. The average molecular weight is 471 g/mol. The van der Waals surface area contributed by atoms with Crippen LogP contribution in [0.3, 0.4) is 0 Å². The summed E-state index contributed by atoms with van der Waals surface area (Å²) in [7, 11) is 1.51. The number of para-hydroxylation sites is 1. The summed E-state index contributed by atoms with van der Waals surface area (Å²) in [6, 6.07) is 19.0. The van der Waals surface area contributed by atoms with Crippen molar-refractivity contribution in [3.63, 3.8) is 0 Å². The number of aromatic carboxylic acids is 1. The Kier molecular flexibility index (Phi) is 5.51. The van der Waals surface area contributed by atoms with E-state index in [1.165, 1.54) is 13.2 Å². The van der Waals surface area contributed by atoms with Crippen molar-refractivity contribution in [1.29, 1.82) is 0 Å². The second-order valence-electron chi connectivity index (χ2n) is 7.88. The van der Waals surface area contributed by atoms with Crippen LogP contribution in [0.5, 0.6) is 5.75 Å². The lowest BCUT2D eigenvalue weighted by Crippen LogP contribution is -2.08. The van der Waals surface area contributed by atoms with Gasteiger partial charge in [0, 0.05) is 5.56 Å². The number of aromatic nitrogens is 3. The number of hydrogen-bond acceptors (Lipinski definition) is 6. The van der Waals surface area contributed by atoms with Crippen LogP contribution in [0, 0.1) is 13.8 Å². The van der Waals surface area contributed by atoms with Crippen molar-refractivity contribution in [2.75, 3.05) is 12.4 Å². The standard InChI is InChI=1S/C26H22N4O3S/c1-15-6-4-5-7-22(15)30-25(28-20-10-9-18(33-3)13-19(20)26(31)32)24(16(2)29-30)17-8-11-23-21(12-17)27-14-34-23/h4-14,28H,1-3H3,(H,31,32). The monoisotopic (exact) mass is 470 g/mol. The Balaban J connectivity index is 1.74. The van der Waals surface area contributed by atoms with Crippen LogP contribution >= 0.6 is 11.3 Å². The van der Waals surface area contributed by atoms with E-state index in [1.807, 2.05) is 66.5 Å². The first-order valence-corrected chi connectivity index (χ1v) is 11.5. The molecule has 0 amide bonds. The molecule has 8 heteroatoms. The predicted octanol–water partition coefficient (Wildman–Crippen LogP) is 6.22. The second-order valence-corrected chi connectivity index (χ2v) is 8.77. The highest BCUT2D eigenvalue weighted by Crippen LogP contribution is 2.38. The van der Waals surface area contributed by atoms with Gasteiger partial charge in [-0.15, -0.1) is 11.3 Å². The smallest absolute Gasteiger partial charge is 0.337 e. The van der Waals surface area contributed by atoms with E-state index < -0.39 is 5.97 Å². The molecular weight excluding hydrogens is 448 g/mol. The fraction of sp³-hybridized carbons (Fsp3) is 0.115. The number of rotatable bonds is 6. The highest BCUT2D eigenvalue weighted by molar-refractivity contribution is 7.16. The van der Waals surface area contributed by atoms with Gasteiger partial charge in [-0.1, -0.05) is 24.3 Å². The number of hydrogen-bond donors (Lipinski definition) is 2. The molecule has 0 unspecified atom stereocenters. The summed E-state index contributed by atoms with van der Waals surface area (Å²) in [4.78, 5) is 16.5. The van der Waals surface area contributed by atoms with Crippen molar-refractivity contribution in [3.8, 4) is 22.6 Å². The number of anilines is 2. The highest BCUT2D eigenvalue weighted by atomic mass is 32.1. The number of aryl methyl sites for hydroxylation is 2. The molecule has 170 valence electrons. The zero-order chi connectivity index (χ0) is 23.8. The lowest BCUT2D eigenvalue weighted by Gasteiger charge is -2.16. The number of fused-ring (bicyclic) bond motifs is 1. The topological polar surface area (TPSA) is 89.3 Å². The Labute approximate surface area is 200 Å². The number of nitrogens with one attached hydrogen (secondary N) is 1. The van der Waals surface area contributed by atoms with Gasteiger partial charge in [-0.3, -0.25) is 0 Å². The summed E-state index contributed by atoms with van der Waals surface area (Å²) in [6.07, 6.45) is 0. The van der Waals surface area contributed by atoms with Gasteiger partial charge in [0.15, 0.2) is 0 Å². The molecule has 0 radical (unpaired) electrons. The average Bonchev–Trinajstić information content (AvgIpc) is 3.43. The largest absolute Gasteiger partial charge is 0.497 e. The van der Waals surface area contributed by atoms with Gasteiger partial charge in [-0.05, 0) is 61.4 Å². The van der Waals surface area contributed by atoms with Gasteiger partial charge in [0.25, 0.3) is 0 Å². The third-order valence-corrected chi connectivity index (χ3v) is 6.54. The number of nitrogens with zero attached hydrogens (tertiary/aromatic N) is 3. The summed E-state index contributed by atoms with van der Waals surface area (Å²) in [5.41, 5.74) is 7.87. The minimum absolute atomic E-state index is 0.107. The Hall–Kier alpha value is -4.17. The number of thiazole rings is 1. The Bertz CT molecular complexity index is 1540. The van der Waals surface area contributed by atoms with Crippen molar-refractivity contribution in [3.05, 3.63) is 83.0 Å². The van der Waals surface area contributed by atoms with Gasteiger partial charge in [-0.2, -0.15) is 5.10 Å². The molecule has 7 nitrogen and oxygen atoms in total. The highest BCUT2D eigenvalue weighted by Gasteiger charge is 2.22. The van der Waals surface area contributed by atoms with Crippen LogP contribution in [0.2, 0.25) is 0 Å². The molecule has 2 heterocycles. The molecule has 2 aromatic heterocycles. The number of carboxylic acids is 1. The number of benzene rings is 3. The van der Waals surface area contributed by atoms with Gasteiger partial charge < -0.3 is 15.2 Å². The molecule has 0 saturated carbocycles. The predicted molar refractivity (Wildman–Crippen MR) is 135 cm³/mol. The quantitative estimate of drug-likeness (QED) is 0.306. The van der Waals surface area contributed by atoms with Crippen LogP contribution in [0.15, 0.2) is 66.2 Å². The maximum absolute atomic E-state index is 12.0. The molecule has 0 spiro atoms. The second kappa shape index (κ2) is 8.64. The van der Waals surface area contributed by atoms with Gasteiger partial charge in [0.2, 0.25) is 0 Å². The van der Waals surface area contributed by atoms with Crippen LogP contribution in [-0.4, -0.2) is 33.0 Å². The first-order valence-electron chi connectivity index (χ1n) is 10.6. The zero-order valence-corrected chi connectivity index (χ0v) is 19.7. The summed E-state index contributed by atoms with van der Waals surface area (Å²) in [5.74, 6) is 0.0975. The number of ether oxygens (including phenoxy) is 1. The van der Waals surface area contributed by atoms with E-state index in [9.17, 15) is 9.90 Å². The SMILES string of the molecule is COc1ccc(Nc2c(-c3ccc4scnc4c3)c(C)nn2-c2ccccc2C)c(C(=O)O)c1. The summed E-state index contributed by atoms with van der Waals surface area (Å²) in [5, 5.41) is 18.1. The van der Waals surface area contributed by atoms with Gasteiger partial charge in [0.05, 0.1) is 45.5 Å². The van der Waals surface area contributed by atoms with Gasteiger partial charge in [-0.25, -0.2) is 14.5 Å². The minimum atomic E-state index is -1.05. The zero-order valence-electron chi connectivity index (χ0n) is 18.9. The third kappa shape index (κ3) is 3.78. The Morgan fingerprint density at radius 1 is 1.09 bits per heavy atom. The summed E-state index contributed by atoms with van der Waals surface area (Å²) >= 11 is 1.59. The van der Waals surface area contributed by atoms with E-state index in [1.54, 1.807) is 23.5 Å². The van der Waals surface area contributed by atoms with Crippen molar-refractivity contribution < 1.29 is 14.6 Å². The van der Waals surface area contributed by atoms with E-state index in [-0.39, 0.29) is 5.56 Å². The van der Waals surface area contributed by atoms with Gasteiger partial charge >= 0.3 is 5.97 Å². The van der Waals surface area contributed by atoms with Crippen LogP contribution < -0.4 is 10.1 Å². The third-order valence-electron chi connectivity index (χ3n) is 5.73. The molecule has 0 aliphatic carbocycles. The first kappa shape index (κ1) is 21.7. The fourth-order valence-electron chi connectivity index (χ4n) is 4.04. The van der Waals surface area contributed by atoms with Crippen molar-refractivity contribution >= 4 is 39.0 Å². The first-order chi connectivity index (χ1) is 16.5. The molecule has 0 saturated heterocycles.